The van der Waals surface area contributed by atoms with Crippen LogP contribution in [-0.2, 0) is 19.3 Å². The number of carbonyl (C=O) groups excluding carboxylic acids is 1. The Morgan fingerprint density at radius 2 is 1.89 bits per heavy atom. The summed E-state index contributed by atoms with van der Waals surface area (Å²) in [6.45, 7) is 2.17. The molecule has 8 nitrogen and oxygen atoms in total. The van der Waals surface area contributed by atoms with Gasteiger partial charge in [-0.3, -0.25) is 14.9 Å². The number of hydrogen-bond donors (Lipinski definition) is 1. The minimum absolute atomic E-state index is 0.0686. The van der Waals surface area contributed by atoms with Gasteiger partial charge >= 0.3 is 0 Å². The lowest BCUT2D eigenvalue weighted by atomic mass is 10.1. The molecule has 28 heavy (non-hydrogen) atoms. The third-order valence-electron chi connectivity index (χ3n) is 4.24. The van der Waals surface area contributed by atoms with Crippen molar-refractivity contribution in [3.8, 4) is 0 Å². The van der Waals surface area contributed by atoms with Crippen LogP contribution in [0.2, 0.25) is 0 Å². The van der Waals surface area contributed by atoms with Crippen molar-refractivity contribution in [1.82, 2.24) is 20.1 Å². The van der Waals surface area contributed by atoms with E-state index >= 15 is 0 Å². The highest BCUT2D eigenvalue weighted by Gasteiger charge is 2.13. The second kappa shape index (κ2) is 8.66. The van der Waals surface area contributed by atoms with E-state index in [1.165, 1.54) is 23.9 Å². The van der Waals surface area contributed by atoms with Crippen molar-refractivity contribution in [2.24, 2.45) is 7.05 Å². The minimum atomic E-state index is -0.420. The first-order valence-electron chi connectivity index (χ1n) is 8.54. The summed E-state index contributed by atoms with van der Waals surface area (Å²) in [6.07, 6.45) is 0. The van der Waals surface area contributed by atoms with Gasteiger partial charge in [-0.15, -0.1) is 10.2 Å². The van der Waals surface area contributed by atoms with Crippen LogP contribution >= 0.6 is 11.8 Å². The van der Waals surface area contributed by atoms with Crippen molar-refractivity contribution in [3.63, 3.8) is 0 Å². The highest BCUT2D eigenvalue weighted by atomic mass is 32.2. The molecule has 0 aliphatic rings. The molecule has 0 saturated carbocycles. The zero-order valence-corrected chi connectivity index (χ0v) is 16.3. The van der Waals surface area contributed by atoms with Gasteiger partial charge in [0.2, 0.25) is 0 Å². The summed E-state index contributed by atoms with van der Waals surface area (Å²) in [4.78, 5) is 22.6. The minimum Gasteiger partial charge on any atom is -0.345 e. The van der Waals surface area contributed by atoms with Crippen LogP contribution in [-0.4, -0.2) is 25.6 Å². The Balaban J connectivity index is 1.58. The predicted molar refractivity (Wildman–Crippen MR) is 106 cm³/mol. The maximum atomic E-state index is 12.3. The number of rotatable bonds is 7. The number of aryl methyl sites for hydroxylation is 1. The first-order valence-corrected chi connectivity index (χ1v) is 9.52. The number of nitro benzene ring substituents is 1. The van der Waals surface area contributed by atoms with E-state index in [9.17, 15) is 14.9 Å². The molecule has 0 radical (unpaired) electrons. The maximum absolute atomic E-state index is 12.3. The van der Waals surface area contributed by atoms with Crippen molar-refractivity contribution >= 4 is 23.4 Å². The Morgan fingerprint density at radius 3 is 2.57 bits per heavy atom. The van der Waals surface area contributed by atoms with Gasteiger partial charge in [-0.05, 0) is 24.1 Å². The summed E-state index contributed by atoms with van der Waals surface area (Å²) in [5.41, 5.74) is 2.57. The van der Waals surface area contributed by atoms with E-state index in [1.54, 1.807) is 18.2 Å². The van der Waals surface area contributed by atoms with Gasteiger partial charge in [0.1, 0.15) is 0 Å². The molecule has 2 aromatic carbocycles. The molecular weight excluding hydrogens is 378 g/mol. The van der Waals surface area contributed by atoms with E-state index in [2.05, 4.69) is 15.5 Å². The summed E-state index contributed by atoms with van der Waals surface area (Å²) in [5, 5.41) is 22.6. The molecule has 0 spiro atoms. The first kappa shape index (κ1) is 19.6. The quantitative estimate of drug-likeness (QED) is 0.373. The average molecular weight is 397 g/mol. The van der Waals surface area contributed by atoms with E-state index < -0.39 is 4.92 Å². The summed E-state index contributed by atoms with van der Waals surface area (Å²) in [6, 6.07) is 13.8. The van der Waals surface area contributed by atoms with E-state index in [-0.39, 0.29) is 18.1 Å². The molecule has 0 bridgehead atoms. The number of thioether (sulfide) groups is 1. The Morgan fingerprint density at radius 1 is 1.18 bits per heavy atom. The van der Waals surface area contributed by atoms with Crippen LogP contribution in [0.4, 0.5) is 5.69 Å². The van der Waals surface area contributed by atoms with Gasteiger partial charge in [0, 0.05) is 30.5 Å². The van der Waals surface area contributed by atoms with Gasteiger partial charge in [0.15, 0.2) is 11.0 Å². The van der Waals surface area contributed by atoms with Gasteiger partial charge in [-0.25, -0.2) is 0 Å². The smallest absolute Gasteiger partial charge is 0.269 e. The third-order valence-corrected chi connectivity index (χ3v) is 5.33. The molecule has 0 atom stereocenters. The molecule has 0 saturated heterocycles. The molecule has 1 N–H and O–H groups in total. The van der Waals surface area contributed by atoms with Crippen LogP contribution in [0, 0.1) is 17.0 Å². The maximum Gasteiger partial charge on any atom is 0.269 e. The molecule has 0 aliphatic carbocycles. The van der Waals surface area contributed by atoms with Crippen molar-refractivity contribution in [1.29, 1.82) is 0 Å². The van der Waals surface area contributed by atoms with E-state index in [4.69, 9.17) is 0 Å². The molecule has 3 rings (SSSR count). The molecular formula is C19H19N5O3S. The van der Waals surface area contributed by atoms with Gasteiger partial charge in [-0.2, -0.15) is 0 Å². The Labute approximate surface area is 166 Å². The lowest BCUT2D eigenvalue weighted by Gasteiger charge is -2.08. The number of benzene rings is 2. The fraction of sp³-hybridized carbons (Fsp3) is 0.211. The second-order valence-electron chi connectivity index (χ2n) is 6.17. The summed E-state index contributed by atoms with van der Waals surface area (Å²) in [5.74, 6) is 1.11. The molecule has 1 amide bonds. The standard InChI is InChI=1S/C19H19N5O3S/c1-13-5-3-4-6-16(13)18(25)20-11-17-21-22-19(23(17)2)28-12-14-7-9-15(10-8-14)24(26)27/h3-10H,11-12H2,1-2H3,(H,20,25). The zero-order valence-electron chi connectivity index (χ0n) is 15.5. The lowest BCUT2D eigenvalue weighted by Crippen LogP contribution is -2.25. The second-order valence-corrected chi connectivity index (χ2v) is 7.11. The number of nitro groups is 1. The topological polar surface area (TPSA) is 103 Å². The summed E-state index contributed by atoms with van der Waals surface area (Å²) < 4.78 is 1.83. The average Bonchev–Trinajstić information content (AvgIpc) is 3.04. The van der Waals surface area contributed by atoms with E-state index in [0.717, 1.165) is 11.1 Å². The first-order chi connectivity index (χ1) is 13.5. The largest absolute Gasteiger partial charge is 0.345 e. The van der Waals surface area contributed by atoms with Crippen molar-refractivity contribution < 1.29 is 9.72 Å². The molecule has 0 aliphatic heterocycles. The van der Waals surface area contributed by atoms with Crippen molar-refractivity contribution in [2.75, 3.05) is 0 Å². The van der Waals surface area contributed by atoms with Gasteiger partial charge in [0.25, 0.3) is 11.6 Å². The molecule has 1 aromatic heterocycles. The Hall–Kier alpha value is -3.20. The number of non-ortho nitro benzene ring substituents is 1. The van der Waals surface area contributed by atoms with Crippen molar-refractivity contribution in [3.05, 3.63) is 81.2 Å². The summed E-state index contributed by atoms with van der Waals surface area (Å²) in [7, 11) is 1.84. The normalized spacial score (nSPS) is 10.6. The van der Waals surface area contributed by atoms with E-state index in [0.29, 0.717) is 22.3 Å². The number of hydrogen-bond acceptors (Lipinski definition) is 6. The van der Waals surface area contributed by atoms with Crippen LogP contribution in [0.3, 0.4) is 0 Å². The molecule has 144 valence electrons. The SMILES string of the molecule is Cc1ccccc1C(=O)NCc1nnc(SCc2ccc([N+](=O)[O-])cc2)n1C. The Kier molecular flexibility index (Phi) is 6.05. The van der Waals surface area contributed by atoms with Crippen LogP contribution in [0.1, 0.15) is 27.3 Å². The van der Waals surface area contributed by atoms with E-state index in [1.807, 2.05) is 36.7 Å². The highest BCUT2D eigenvalue weighted by Crippen LogP contribution is 2.22. The number of nitrogens with zero attached hydrogens (tertiary/aromatic N) is 4. The fourth-order valence-electron chi connectivity index (χ4n) is 2.57. The monoisotopic (exact) mass is 397 g/mol. The summed E-state index contributed by atoms with van der Waals surface area (Å²) >= 11 is 1.48. The molecule has 0 unspecified atom stereocenters. The van der Waals surface area contributed by atoms with Crippen LogP contribution in [0.15, 0.2) is 53.7 Å². The lowest BCUT2D eigenvalue weighted by molar-refractivity contribution is -0.384. The van der Waals surface area contributed by atoms with Gasteiger partial charge < -0.3 is 9.88 Å². The molecule has 0 fully saturated rings. The number of nitrogens with one attached hydrogen (secondary N) is 1. The number of carbonyl (C=O) groups is 1. The van der Waals surface area contributed by atoms with Gasteiger partial charge in [-0.1, -0.05) is 42.1 Å². The van der Waals surface area contributed by atoms with Crippen LogP contribution in [0.5, 0.6) is 0 Å². The third kappa shape index (κ3) is 4.55. The van der Waals surface area contributed by atoms with Crippen LogP contribution < -0.4 is 5.32 Å². The molecule has 1 heterocycles. The zero-order chi connectivity index (χ0) is 20.1. The predicted octanol–water partition coefficient (Wildman–Crippen LogP) is 3.25. The van der Waals surface area contributed by atoms with Crippen molar-refractivity contribution in [2.45, 2.75) is 24.4 Å². The Bertz CT molecular complexity index is 1000. The highest BCUT2D eigenvalue weighted by molar-refractivity contribution is 7.98. The molecule has 9 heteroatoms. The molecule has 3 aromatic rings. The number of amides is 1. The van der Waals surface area contributed by atoms with Gasteiger partial charge in [0.05, 0.1) is 11.5 Å². The number of aromatic nitrogens is 3. The fourth-order valence-corrected chi connectivity index (χ4v) is 3.45. The van der Waals surface area contributed by atoms with Crippen LogP contribution in [0.25, 0.3) is 0 Å².